The molecule has 0 unspecified atom stereocenters. The molecule has 0 radical (unpaired) electrons. The van der Waals surface area contributed by atoms with Crippen LogP contribution >= 0.6 is 11.3 Å². The number of anilines is 1. The van der Waals surface area contributed by atoms with Gasteiger partial charge in [-0.2, -0.15) is 0 Å². The number of nitrogens with one attached hydrogen (secondary N) is 2. The predicted molar refractivity (Wildman–Crippen MR) is 62.9 cm³/mol. The Balaban J connectivity index is 2.03. The maximum absolute atomic E-state index is 11.4. The van der Waals surface area contributed by atoms with Crippen LogP contribution < -0.4 is 10.6 Å². The molecule has 0 saturated carbocycles. The first-order valence-corrected chi connectivity index (χ1v) is 5.79. The molecule has 80 valence electrons. The number of rotatable bonds is 3. The molecule has 1 aromatic heterocycles. The Bertz CT molecular complexity index is 397. The standard InChI is InChI=1S/C10H13N3OS/c1-2-7(14)8-3-4-9(15-8)13-10-11-5-6-12-10/h3-4H,2,5-6H2,1H3,(H2,11,12,13). The highest BCUT2D eigenvalue weighted by Gasteiger charge is 2.09. The zero-order chi connectivity index (χ0) is 10.7. The molecular formula is C10H13N3OS. The van der Waals surface area contributed by atoms with Crippen molar-refractivity contribution < 1.29 is 4.79 Å². The molecule has 1 aliphatic rings. The Morgan fingerprint density at radius 1 is 1.67 bits per heavy atom. The predicted octanol–water partition coefficient (Wildman–Crippen LogP) is 1.71. The van der Waals surface area contributed by atoms with Crippen molar-refractivity contribution in [2.24, 2.45) is 4.99 Å². The second-order valence-corrected chi connectivity index (χ2v) is 4.31. The van der Waals surface area contributed by atoms with E-state index in [0.717, 1.165) is 28.9 Å². The summed E-state index contributed by atoms with van der Waals surface area (Å²) in [7, 11) is 0. The minimum Gasteiger partial charge on any atom is -0.354 e. The summed E-state index contributed by atoms with van der Waals surface area (Å²) in [5.74, 6) is 0.988. The first-order chi connectivity index (χ1) is 7.29. The summed E-state index contributed by atoms with van der Waals surface area (Å²) in [4.78, 5) is 16.4. The van der Waals surface area contributed by atoms with E-state index < -0.39 is 0 Å². The Morgan fingerprint density at radius 2 is 2.53 bits per heavy atom. The van der Waals surface area contributed by atoms with E-state index in [1.165, 1.54) is 11.3 Å². The lowest BCUT2D eigenvalue weighted by atomic mass is 10.3. The second kappa shape index (κ2) is 4.44. The molecule has 2 rings (SSSR count). The Kier molecular flexibility index (Phi) is 3.01. The molecule has 2 heterocycles. The van der Waals surface area contributed by atoms with E-state index >= 15 is 0 Å². The Hall–Kier alpha value is -1.36. The van der Waals surface area contributed by atoms with Gasteiger partial charge in [0.15, 0.2) is 11.7 Å². The van der Waals surface area contributed by atoms with Crippen LogP contribution in [0.1, 0.15) is 23.0 Å². The maximum atomic E-state index is 11.4. The first-order valence-electron chi connectivity index (χ1n) is 4.98. The zero-order valence-corrected chi connectivity index (χ0v) is 9.36. The van der Waals surface area contributed by atoms with E-state index in [1.54, 1.807) is 0 Å². The minimum absolute atomic E-state index is 0.189. The maximum Gasteiger partial charge on any atom is 0.196 e. The van der Waals surface area contributed by atoms with Crippen molar-refractivity contribution in [2.45, 2.75) is 13.3 Å². The van der Waals surface area contributed by atoms with Crippen LogP contribution in [0.15, 0.2) is 17.1 Å². The molecule has 2 N–H and O–H groups in total. The summed E-state index contributed by atoms with van der Waals surface area (Å²) in [5, 5.41) is 7.22. The molecule has 0 atom stereocenters. The van der Waals surface area contributed by atoms with Crippen molar-refractivity contribution in [1.29, 1.82) is 0 Å². The van der Waals surface area contributed by atoms with Crippen molar-refractivity contribution in [2.75, 3.05) is 18.4 Å². The summed E-state index contributed by atoms with van der Waals surface area (Å²) in [5.41, 5.74) is 0. The quantitative estimate of drug-likeness (QED) is 0.767. The SMILES string of the molecule is CCC(=O)c1ccc(NC2=NCCN2)s1. The van der Waals surface area contributed by atoms with Crippen LogP contribution in [0.25, 0.3) is 0 Å². The van der Waals surface area contributed by atoms with E-state index in [-0.39, 0.29) is 5.78 Å². The van der Waals surface area contributed by atoms with Gasteiger partial charge in [0.25, 0.3) is 0 Å². The molecule has 4 nitrogen and oxygen atoms in total. The van der Waals surface area contributed by atoms with Gasteiger partial charge < -0.3 is 10.6 Å². The van der Waals surface area contributed by atoms with Crippen LogP contribution in [0.4, 0.5) is 5.00 Å². The van der Waals surface area contributed by atoms with Gasteiger partial charge in [-0.15, -0.1) is 11.3 Å². The van der Waals surface area contributed by atoms with Crippen LogP contribution in [0.2, 0.25) is 0 Å². The monoisotopic (exact) mass is 223 g/mol. The lowest BCUT2D eigenvalue weighted by molar-refractivity contribution is 0.0992. The van der Waals surface area contributed by atoms with Gasteiger partial charge in [-0.1, -0.05) is 6.92 Å². The number of guanidine groups is 1. The van der Waals surface area contributed by atoms with Crippen LogP contribution in [0, 0.1) is 0 Å². The van der Waals surface area contributed by atoms with Crippen molar-refractivity contribution in [1.82, 2.24) is 5.32 Å². The Labute approximate surface area is 92.4 Å². The van der Waals surface area contributed by atoms with Gasteiger partial charge in [0.1, 0.15) is 0 Å². The number of nitrogens with zero attached hydrogens (tertiary/aromatic N) is 1. The van der Waals surface area contributed by atoms with Crippen molar-refractivity contribution >= 4 is 28.1 Å². The van der Waals surface area contributed by atoms with Crippen molar-refractivity contribution in [3.8, 4) is 0 Å². The van der Waals surface area contributed by atoms with E-state index in [4.69, 9.17) is 0 Å². The number of Topliss-reactive ketones (excluding diaryl/α,β-unsaturated/α-hetero) is 1. The average Bonchev–Trinajstić information content (AvgIpc) is 2.88. The number of aliphatic imine (C=N–C) groups is 1. The van der Waals surface area contributed by atoms with Gasteiger partial charge in [0.2, 0.25) is 0 Å². The van der Waals surface area contributed by atoms with Crippen molar-refractivity contribution in [3.05, 3.63) is 17.0 Å². The molecule has 0 saturated heterocycles. The lowest BCUT2D eigenvalue weighted by Crippen LogP contribution is -2.25. The lowest BCUT2D eigenvalue weighted by Gasteiger charge is -2.02. The molecular weight excluding hydrogens is 210 g/mol. The van der Waals surface area contributed by atoms with Crippen molar-refractivity contribution in [3.63, 3.8) is 0 Å². The number of thiophene rings is 1. The summed E-state index contributed by atoms with van der Waals surface area (Å²) < 4.78 is 0. The van der Waals surface area contributed by atoms with E-state index in [0.29, 0.717) is 6.42 Å². The van der Waals surface area contributed by atoms with Gasteiger partial charge in [-0.05, 0) is 12.1 Å². The van der Waals surface area contributed by atoms with Crippen LogP contribution in [0.3, 0.4) is 0 Å². The zero-order valence-electron chi connectivity index (χ0n) is 8.54. The smallest absolute Gasteiger partial charge is 0.196 e. The number of carbonyl (C=O) groups is 1. The van der Waals surface area contributed by atoms with Gasteiger partial charge in [-0.25, -0.2) is 0 Å². The highest BCUT2D eigenvalue weighted by Crippen LogP contribution is 2.23. The molecule has 1 aromatic rings. The molecule has 15 heavy (non-hydrogen) atoms. The largest absolute Gasteiger partial charge is 0.354 e. The summed E-state index contributed by atoms with van der Waals surface area (Å²) >= 11 is 1.47. The third-order valence-corrected chi connectivity index (χ3v) is 3.16. The fourth-order valence-corrected chi connectivity index (χ4v) is 2.24. The number of hydrogen-bond donors (Lipinski definition) is 2. The molecule has 0 amide bonds. The van der Waals surface area contributed by atoms with Gasteiger partial charge in [0, 0.05) is 13.0 Å². The molecule has 0 aliphatic carbocycles. The average molecular weight is 223 g/mol. The van der Waals surface area contributed by atoms with Gasteiger partial charge in [-0.3, -0.25) is 9.79 Å². The Morgan fingerprint density at radius 3 is 3.20 bits per heavy atom. The minimum atomic E-state index is 0.189. The van der Waals surface area contributed by atoms with E-state index in [9.17, 15) is 4.79 Å². The fourth-order valence-electron chi connectivity index (χ4n) is 1.33. The number of ketones is 1. The summed E-state index contributed by atoms with van der Waals surface area (Å²) in [6.07, 6.45) is 0.555. The summed E-state index contributed by atoms with van der Waals surface area (Å²) in [6.45, 7) is 3.57. The topological polar surface area (TPSA) is 53.5 Å². The summed E-state index contributed by atoms with van der Waals surface area (Å²) in [6, 6.07) is 3.77. The third kappa shape index (κ3) is 2.36. The van der Waals surface area contributed by atoms with Crippen LogP contribution in [0.5, 0.6) is 0 Å². The molecule has 0 fully saturated rings. The van der Waals surface area contributed by atoms with E-state index in [1.807, 2.05) is 19.1 Å². The second-order valence-electron chi connectivity index (χ2n) is 3.22. The molecule has 0 aromatic carbocycles. The molecule has 0 bridgehead atoms. The molecule has 1 aliphatic heterocycles. The molecule has 5 heteroatoms. The molecule has 0 spiro atoms. The first kappa shape index (κ1) is 10.2. The highest BCUT2D eigenvalue weighted by molar-refractivity contribution is 7.18. The van der Waals surface area contributed by atoms with Crippen LogP contribution in [-0.2, 0) is 0 Å². The van der Waals surface area contributed by atoms with E-state index in [2.05, 4.69) is 15.6 Å². The van der Waals surface area contributed by atoms with Crippen LogP contribution in [-0.4, -0.2) is 24.8 Å². The van der Waals surface area contributed by atoms with Gasteiger partial charge in [0.05, 0.1) is 16.4 Å². The normalized spacial score (nSPS) is 14.6. The van der Waals surface area contributed by atoms with Gasteiger partial charge >= 0.3 is 0 Å². The number of carbonyl (C=O) groups excluding carboxylic acids is 1. The number of hydrogen-bond acceptors (Lipinski definition) is 5. The fraction of sp³-hybridized carbons (Fsp3) is 0.400. The highest BCUT2D eigenvalue weighted by atomic mass is 32.1. The third-order valence-electron chi connectivity index (χ3n) is 2.12.